The van der Waals surface area contributed by atoms with Gasteiger partial charge in [-0.2, -0.15) is 0 Å². The summed E-state index contributed by atoms with van der Waals surface area (Å²) in [5, 5.41) is 3.54. The third-order valence-corrected chi connectivity index (χ3v) is 6.28. The maximum absolute atomic E-state index is 12.6. The van der Waals surface area contributed by atoms with Gasteiger partial charge in [0.05, 0.1) is 12.2 Å². The fraction of sp³-hybridized carbons (Fsp3) is 0.941. The predicted molar refractivity (Wildman–Crippen MR) is 83.3 cm³/mol. The van der Waals surface area contributed by atoms with Crippen LogP contribution in [0.4, 0.5) is 0 Å². The lowest BCUT2D eigenvalue weighted by Crippen LogP contribution is -2.38. The van der Waals surface area contributed by atoms with Crippen molar-refractivity contribution in [3.63, 3.8) is 0 Å². The van der Waals surface area contributed by atoms with E-state index in [-0.39, 0.29) is 12.2 Å². The number of nitrogens with one attached hydrogen (secondary N) is 1. The quantitative estimate of drug-likeness (QED) is 0.809. The number of rotatable bonds is 6. The van der Waals surface area contributed by atoms with Gasteiger partial charge in [0.1, 0.15) is 0 Å². The van der Waals surface area contributed by atoms with Gasteiger partial charge < -0.3 is 4.90 Å². The predicted octanol–water partition coefficient (Wildman–Crippen LogP) is 3.40. The Labute approximate surface area is 124 Å². The molecule has 2 rings (SSSR count). The van der Waals surface area contributed by atoms with Gasteiger partial charge in [-0.05, 0) is 29.6 Å². The van der Waals surface area contributed by atoms with Gasteiger partial charge in [-0.3, -0.25) is 10.1 Å². The number of carbonyl (C=O) groups is 1. The van der Waals surface area contributed by atoms with Gasteiger partial charge in [0.25, 0.3) is 0 Å². The Hall–Kier alpha value is -0.570. The van der Waals surface area contributed by atoms with Crippen LogP contribution in [0.3, 0.4) is 0 Å². The van der Waals surface area contributed by atoms with E-state index in [2.05, 4.69) is 51.8 Å². The lowest BCUT2D eigenvalue weighted by atomic mass is 10.0. The number of hydrogen-bond donors (Lipinski definition) is 1. The monoisotopic (exact) mass is 280 g/mol. The molecule has 2 unspecified atom stereocenters. The minimum atomic E-state index is 0.0601. The molecule has 1 aliphatic heterocycles. The number of amides is 1. The highest BCUT2D eigenvalue weighted by molar-refractivity contribution is 5.84. The molecule has 1 saturated carbocycles. The van der Waals surface area contributed by atoms with E-state index in [1.54, 1.807) is 0 Å². The molecule has 1 heterocycles. The smallest absolute Gasteiger partial charge is 0.241 e. The molecular weight excluding hydrogens is 248 g/mol. The molecule has 2 aliphatic rings. The number of hydrogen-bond acceptors (Lipinski definition) is 2. The van der Waals surface area contributed by atoms with Crippen molar-refractivity contribution in [2.24, 2.45) is 16.7 Å². The van der Waals surface area contributed by atoms with E-state index in [1.165, 1.54) is 0 Å². The van der Waals surface area contributed by atoms with Gasteiger partial charge in [-0.1, -0.05) is 54.4 Å². The van der Waals surface area contributed by atoms with Gasteiger partial charge in [0, 0.05) is 6.54 Å². The normalized spacial score (nSPS) is 31.9. The maximum atomic E-state index is 12.6. The van der Waals surface area contributed by atoms with Gasteiger partial charge in [0.15, 0.2) is 0 Å². The molecule has 20 heavy (non-hydrogen) atoms. The highest BCUT2D eigenvalue weighted by Gasteiger charge is 2.65. The molecule has 0 radical (unpaired) electrons. The molecule has 2 fully saturated rings. The summed E-state index contributed by atoms with van der Waals surface area (Å²) in [5.74, 6) is 0.962. The van der Waals surface area contributed by atoms with E-state index in [0.29, 0.717) is 22.7 Å². The number of nitrogens with zero attached hydrogens (tertiary/aromatic N) is 1. The molecule has 0 aromatic heterocycles. The van der Waals surface area contributed by atoms with Crippen LogP contribution in [0.2, 0.25) is 0 Å². The van der Waals surface area contributed by atoms with Crippen molar-refractivity contribution in [2.45, 2.75) is 79.4 Å². The van der Waals surface area contributed by atoms with Crippen molar-refractivity contribution in [1.82, 2.24) is 10.2 Å². The second kappa shape index (κ2) is 5.32. The van der Waals surface area contributed by atoms with Crippen LogP contribution >= 0.6 is 0 Å². The van der Waals surface area contributed by atoms with Crippen molar-refractivity contribution in [2.75, 3.05) is 6.54 Å². The highest BCUT2D eigenvalue weighted by atomic mass is 16.2. The summed E-state index contributed by atoms with van der Waals surface area (Å²) < 4.78 is 0. The molecule has 3 heteroatoms. The molecule has 1 saturated heterocycles. The highest BCUT2D eigenvalue weighted by Crippen LogP contribution is 2.68. The molecular formula is C17H32N2O. The zero-order valence-electron chi connectivity index (χ0n) is 14.1. The van der Waals surface area contributed by atoms with Crippen LogP contribution in [-0.2, 0) is 4.79 Å². The summed E-state index contributed by atoms with van der Waals surface area (Å²) in [5.41, 5.74) is 0.708. The summed E-state index contributed by atoms with van der Waals surface area (Å²) in [6, 6.07) is 0.0601. The summed E-state index contributed by atoms with van der Waals surface area (Å²) >= 11 is 0. The van der Waals surface area contributed by atoms with Crippen LogP contribution in [0.15, 0.2) is 0 Å². The van der Waals surface area contributed by atoms with E-state index in [9.17, 15) is 4.79 Å². The molecule has 0 bridgehead atoms. The van der Waals surface area contributed by atoms with Crippen molar-refractivity contribution in [3.8, 4) is 0 Å². The zero-order chi connectivity index (χ0) is 15.1. The Kier molecular flexibility index (Phi) is 4.21. The summed E-state index contributed by atoms with van der Waals surface area (Å²) in [6.45, 7) is 14.6. The molecule has 1 amide bonds. The van der Waals surface area contributed by atoms with Gasteiger partial charge in [0.2, 0.25) is 5.91 Å². The lowest BCUT2D eigenvalue weighted by Gasteiger charge is -2.24. The van der Waals surface area contributed by atoms with Crippen molar-refractivity contribution in [3.05, 3.63) is 0 Å². The third-order valence-electron chi connectivity index (χ3n) is 6.28. The largest absolute Gasteiger partial charge is 0.325 e. The summed E-state index contributed by atoms with van der Waals surface area (Å²) in [7, 11) is 0. The number of unbranched alkanes of at least 4 members (excludes halogenated alkanes) is 1. The number of carbonyl (C=O) groups excluding carboxylic acids is 1. The Morgan fingerprint density at radius 3 is 2.20 bits per heavy atom. The molecule has 2 atom stereocenters. The molecule has 1 N–H and O–H groups in total. The summed E-state index contributed by atoms with van der Waals surface area (Å²) in [4.78, 5) is 14.8. The van der Waals surface area contributed by atoms with Crippen LogP contribution in [0.25, 0.3) is 0 Å². The Bertz CT molecular complexity index is 361. The Morgan fingerprint density at radius 1 is 1.15 bits per heavy atom. The van der Waals surface area contributed by atoms with Crippen molar-refractivity contribution < 1.29 is 4.79 Å². The first-order chi connectivity index (χ1) is 9.27. The first-order valence-corrected chi connectivity index (χ1v) is 8.33. The second-order valence-corrected chi connectivity index (χ2v) is 7.77. The molecule has 0 aromatic carbocycles. The molecule has 0 aromatic rings. The van der Waals surface area contributed by atoms with Crippen molar-refractivity contribution >= 4 is 5.91 Å². The lowest BCUT2D eigenvalue weighted by molar-refractivity contribution is -0.130. The standard InChI is InChI=1S/C17H32N2O/c1-7-9-10-12-15(20)19(14(8-2)18-12)11-13-16(3,4)17(13,5)6/h12-14,18H,7-11H2,1-6H3. The topological polar surface area (TPSA) is 32.3 Å². The Balaban J connectivity index is 2.02. The van der Waals surface area contributed by atoms with E-state index in [1.807, 2.05) is 0 Å². The second-order valence-electron chi connectivity index (χ2n) is 7.77. The fourth-order valence-electron chi connectivity index (χ4n) is 3.90. The van der Waals surface area contributed by atoms with E-state index < -0.39 is 0 Å². The van der Waals surface area contributed by atoms with Gasteiger partial charge in [-0.25, -0.2) is 0 Å². The van der Waals surface area contributed by atoms with E-state index in [0.717, 1.165) is 32.2 Å². The molecule has 116 valence electrons. The SMILES string of the molecule is CCCCC1NC(CC)N(CC2C(C)(C)C2(C)C)C1=O. The fourth-order valence-corrected chi connectivity index (χ4v) is 3.90. The van der Waals surface area contributed by atoms with Crippen LogP contribution in [0.5, 0.6) is 0 Å². The van der Waals surface area contributed by atoms with E-state index in [4.69, 9.17) is 0 Å². The van der Waals surface area contributed by atoms with Gasteiger partial charge in [-0.15, -0.1) is 0 Å². The van der Waals surface area contributed by atoms with Crippen LogP contribution < -0.4 is 5.32 Å². The first kappa shape index (κ1) is 15.8. The minimum absolute atomic E-state index is 0.0601. The van der Waals surface area contributed by atoms with Crippen LogP contribution in [0.1, 0.15) is 67.2 Å². The zero-order valence-corrected chi connectivity index (χ0v) is 14.1. The molecule has 1 aliphatic carbocycles. The first-order valence-electron chi connectivity index (χ1n) is 8.33. The average molecular weight is 280 g/mol. The van der Waals surface area contributed by atoms with Crippen LogP contribution in [-0.4, -0.2) is 29.6 Å². The molecule has 0 spiro atoms. The molecule has 3 nitrogen and oxygen atoms in total. The van der Waals surface area contributed by atoms with Crippen molar-refractivity contribution in [1.29, 1.82) is 0 Å². The van der Waals surface area contributed by atoms with E-state index >= 15 is 0 Å². The van der Waals surface area contributed by atoms with Crippen LogP contribution in [0, 0.1) is 16.7 Å². The average Bonchev–Trinajstić information content (AvgIpc) is 2.66. The Morgan fingerprint density at radius 2 is 1.75 bits per heavy atom. The maximum Gasteiger partial charge on any atom is 0.241 e. The van der Waals surface area contributed by atoms with Gasteiger partial charge >= 0.3 is 0 Å². The summed E-state index contributed by atoms with van der Waals surface area (Å²) in [6.07, 6.45) is 4.53. The minimum Gasteiger partial charge on any atom is -0.325 e. The third kappa shape index (κ3) is 2.38.